The fourth-order valence-electron chi connectivity index (χ4n) is 1.83. The van der Waals surface area contributed by atoms with Gasteiger partial charge in [0, 0.05) is 19.2 Å². The van der Waals surface area contributed by atoms with Crippen molar-refractivity contribution in [2.24, 2.45) is 0 Å². The van der Waals surface area contributed by atoms with Crippen LogP contribution in [0.5, 0.6) is 0 Å². The molecule has 0 spiro atoms. The molecule has 0 N–H and O–H groups in total. The normalized spacial score (nSPS) is 26.7. The molecule has 2 atom stereocenters. The van der Waals surface area contributed by atoms with E-state index in [1.165, 1.54) is 6.20 Å². The molecule has 1 saturated heterocycles. The zero-order valence-electron chi connectivity index (χ0n) is 8.84. The lowest BCUT2D eigenvalue weighted by Gasteiger charge is -2.34. The third-order valence-corrected chi connectivity index (χ3v) is 2.36. The van der Waals surface area contributed by atoms with Gasteiger partial charge in [-0.2, -0.15) is 0 Å². The molecule has 15 heavy (non-hydrogen) atoms. The van der Waals surface area contributed by atoms with Gasteiger partial charge in [-0.25, -0.2) is 0 Å². The molecule has 1 aromatic rings. The van der Waals surface area contributed by atoms with Crippen LogP contribution in [0, 0.1) is 0 Å². The Hall–Kier alpha value is -1.36. The first-order valence-corrected chi connectivity index (χ1v) is 5.02. The first-order valence-electron chi connectivity index (χ1n) is 5.02. The van der Waals surface area contributed by atoms with Gasteiger partial charge in [0.25, 0.3) is 5.91 Å². The third-order valence-electron chi connectivity index (χ3n) is 2.36. The predicted octanol–water partition coefficient (Wildman–Crippen LogP) is 0.924. The van der Waals surface area contributed by atoms with Crippen molar-refractivity contribution >= 4 is 5.91 Å². The molecule has 2 unspecified atom stereocenters. The molecule has 1 aliphatic heterocycles. The molecule has 0 aromatic carbocycles. The minimum atomic E-state index is -0.116. The van der Waals surface area contributed by atoms with Gasteiger partial charge in [-0.3, -0.25) is 4.79 Å². The van der Waals surface area contributed by atoms with Crippen molar-refractivity contribution in [1.29, 1.82) is 0 Å². The van der Waals surface area contributed by atoms with Crippen LogP contribution in [-0.2, 0) is 4.74 Å². The highest BCUT2D eigenvalue weighted by Crippen LogP contribution is 2.13. The summed E-state index contributed by atoms with van der Waals surface area (Å²) >= 11 is 0. The SMILES string of the molecule is CC1CN(C(=O)c2ccno2)CC(C)O1. The highest BCUT2D eigenvalue weighted by Gasteiger charge is 2.27. The Morgan fingerprint density at radius 3 is 2.67 bits per heavy atom. The number of hydrogen-bond acceptors (Lipinski definition) is 4. The number of aromatic nitrogens is 1. The Kier molecular flexibility index (Phi) is 2.73. The van der Waals surface area contributed by atoms with E-state index in [1.807, 2.05) is 13.8 Å². The molecule has 0 saturated carbocycles. The Balaban J connectivity index is 2.07. The highest BCUT2D eigenvalue weighted by atomic mass is 16.5. The van der Waals surface area contributed by atoms with Crippen LogP contribution in [0.25, 0.3) is 0 Å². The van der Waals surface area contributed by atoms with Gasteiger partial charge in [0.1, 0.15) is 0 Å². The van der Waals surface area contributed by atoms with Crippen LogP contribution in [0.15, 0.2) is 16.8 Å². The number of carbonyl (C=O) groups is 1. The van der Waals surface area contributed by atoms with Crippen LogP contribution in [0.2, 0.25) is 0 Å². The van der Waals surface area contributed by atoms with Crippen molar-refractivity contribution in [2.45, 2.75) is 26.1 Å². The fraction of sp³-hybridized carbons (Fsp3) is 0.600. The molecule has 1 aromatic heterocycles. The molecule has 2 rings (SSSR count). The monoisotopic (exact) mass is 210 g/mol. The molecule has 0 radical (unpaired) electrons. The molecule has 0 bridgehead atoms. The van der Waals surface area contributed by atoms with Gasteiger partial charge in [0.05, 0.1) is 18.4 Å². The van der Waals surface area contributed by atoms with Gasteiger partial charge >= 0.3 is 0 Å². The summed E-state index contributed by atoms with van der Waals surface area (Å²) in [5, 5.41) is 3.52. The van der Waals surface area contributed by atoms with E-state index in [-0.39, 0.29) is 23.9 Å². The van der Waals surface area contributed by atoms with Crippen molar-refractivity contribution in [3.05, 3.63) is 18.0 Å². The highest BCUT2D eigenvalue weighted by molar-refractivity contribution is 5.91. The van der Waals surface area contributed by atoms with Crippen LogP contribution in [-0.4, -0.2) is 41.3 Å². The van der Waals surface area contributed by atoms with Gasteiger partial charge < -0.3 is 14.2 Å². The van der Waals surface area contributed by atoms with Crippen molar-refractivity contribution in [3.63, 3.8) is 0 Å². The third kappa shape index (κ3) is 2.18. The van der Waals surface area contributed by atoms with E-state index in [1.54, 1.807) is 11.0 Å². The lowest BCUT2D eigenvalue weighted by Crippen LogP contribution is -2.48. The number of amides is 1. The second kappa shape index (κ2) is 4.02. The van der Waals surface area contributed by atoms with Crippen LogP contribution >= 0.6 is 0 Å². The Labute approximate surface area is 88.0 Å². The van der Waals surface area contributed by atoms with E-state index in [9.17, 15) is 4.79 Å². The molecule has 1 aliphatic rings. The molecule has 2 heterocycles. The maximum absolute atomic E-state index is 11.9. The number of hydrogen-bond donors (Lipinski definition) is 0. The van der Waals surface area contributed by atoms with Gasteiger partial charge in [-0.05, 0) is 13.8 Å². The summed E-state index contributed by atoms with van der Waals surface area (Å²) in [6.45, 7) is 5.11. The molecular weight excluding hydrogens is 196 g/mol. The second-order valence-electron chi connectivity index (χ2n) is 3.84. The van der Waals surface area contributed by atoms with E-state index in [0.717, 1.165) is 0 Å². The maximum Gasteiger partial charge on any atom is 0.292 e. The number of carbonyl (C=O) groups excluding carboxylic acids is 1. The standard InChI is InChI=1S/C10H14N2O3/c1-7-5-12(6-8(2)14-7)10(13)9-3-4-11-15-9/h3-4,7-8H,5-6H2,1-2H3. The quantitative estimate of drug-likeness (QED) is 0.691. The predicted molar refractivity (Wildman–Crippen MR) is 52.4 cm³/mol. The minimum absolute atomic E-state index is 0.0700. The fourth-order valence-corrected chi connectivity index (χ4v) is 1.83. The number of morpholine rings is 1. The van der Waals surface area contributed by atoms with E-state index in [2.05, 4.69) is 5.16 Å². The number of rotatable bonds is 1. The van der Waals surface area contributed by atoms with Crippen molar-refractivity contribution in [3.8, 4) is 0 Å². The molecule has 1 amide bonds. The van der Waals surface area contributed by atoms with E-state index >= 15 is 0 Å². The molecule has 5 heteroatoms. The molecule has 82 valence electrons. The number of nitrogens with zero attached hydrogens (tertiary/aromatic N) is 2. The average Bonchev–Trinajstić information content (AvgIpc) is 2.67. The summed E-state index contributed by atoms with van der Waals surface area (Å²) in [6, 6.07) is 1.58. The smallest absolute Gasteiger partial charge is 0.292 e. The summed E-state index contributed by atoms with van der Waals surface area (Å²) in [7, 11) is 0. The van der Waals surface area contributed by atoms with Crippen molar-refractivity contribution in [2.75, 3.05) is 13.1 Å². The number of ether oxygens (including phenoxy) is 1. The summed E-state index contributed by atoms with van der Waals surface area (Å²) in [6.07, 6.45) is 1.61. The lowest BCUT2D eigenvalue weighted by molar-refractivity contribution is -0.0593. The average molecular weight is 210 g/mol. The van der Waals surface area contributed by atoms with Gasteiger partial charge in [-0.15, -0.1) is 0 Å². The molecule has 0 aliphatic carbocycles. The van der Waals surface area contributed by atoms with E-state index in [0.29, 0.717) is 13.1 Å². The van der Waals surface area contributed by atoms with Crippen LogP contribution in [0.4, 0.5) is 0 Å². The van der Waals surface area contributed by atoms with Gasteiger partial charge in [0.2, 0.25) is 5.76 Å². The molecule has 1 fully saturated rings. The van der Waals surface area contributed by atoms with Crippen LogP contribution in [0.1, 0.15) is 24.4 Å². The topological polar surface area (TPSA) is 55.6 Å². The van der Waals surface area contributed by atoms with E-state index in [4.69, 9.17) is 9.26 Å². The van der Waals surface area contributed by atoms with Crippen LogP contribution in [0.3, 0.4) is 0 Å². The molecule has 5 nitrogen and oxygen atoms in total. The van der Waals surface area contributed by atoms with E-state index < -0.39 is 0 Å². The Morgan fingerprint density at radius 1 is 1.47 bits per heavy atom. The van der Waals surface area contributed by atoms with Crippen LogP contribution < -0.4 is 0 Å². The Morgan fingerprint density at radius 2 is 2.13 bits per heavy atom. The summed E-state index contributed by atoms with van der Waals surface area (Å²) < 4.78 is 10.4. The summed E-state index contributed by atoms with van der Waals surface area (Å²) in [5.74, 6) is 0.172. The summed E-state index contributed by atoms with van der Waals surface area (Å²) in [4.78, 5) is 13.6. The van der Waals surface area contributed by atoms with Gasteiger partial charge in [0.15, 0.2) is 0 Å². The first-order chi connectivity index (χ1) is 7.16. The largest absolute Gasteiger partial charge is 0.372 e. The van der Waals surface area contributed by atoms with Crippen molar-refractivity contribution in [1.82, 2.24) is 10.1 Å². The summed E-state index contributed by atoms with van der Waals surface area (Å²) in [5.41, 5.74) is 0. The van der Waals surface area contributed by atoms with Gasteiger partial charge in [-0.1, -0.05) is 5.16 Å². The first kappa shape index (κ1) is 10.2. The maximum atomic E-state index is 11.9. The molecular formula is C10H14N2O3. The van der Waals surface area contributed by atoms with Crippen molar-refractivity contribution < 1.29 is 14.1 Å². The Bertz CT molecular complexity index is 326. The zero-order chi connectivity index (χ0) is 10.8. The second-order valence-corrected chi connectivity index (χ2v) is 3.84. The lowest BCUT2D eigenvalue weighted by atomic mass is 10.2. The minimum Gasteiger partial charge on any atom is -0.372 e. The zero-order valence-corrected chi connectivity index (χ0v) is 8.84.